The van der Waals surface area contributed by atoms with Gasteiger partial charge in [0.15, 0.2) is 5.82 Å². The lowest BCUT2D eigenvalue weighted by Crippen LogP contribution is -2.56. The summed E-state index contributed by atoms with van der Waals surface area (Å²) in [4.78, 5) is 63.8. The van der Waals surface area contributed by atoms with E-state index in [9.17, 15) is 24.3 Å². The number of ether oxygens (including phenoxy) is 2. The van der Waals surface area contributed by atoms with Crippen molar-refractivity contribution in [1.29, 1.82) is 0 Å². The summed E-state index contributed by atoms with van der Waals surface area (Å²) in [5.41, 5.74) is -0.0218. The molecule has 1 aromatic heterocycles. The molecule has 0 bridgehead atoms. The first-order valence-electron chi connectivity index (χ1n) is 14.5. The molecule has 2 heterocycles. The van der Waals surface area contributed by atoms with Gasteiger partial charge in [-0.2, -0.15) is 0 Å². The molecule has 1 aliphatic heterocycles. The summed E-state index contributed by atoms with van der Waals surface area (Å²) >= 11 is 0. The average molecular weight is 599 g/mol. The molecule has 13 nitrogen and oxygen atoms in total. The number of hydrogen-bond donors (Lipinski definition) is 3. The summed E-state index contributed by atoms with van der Waals surface area (Å²) in [7, 11) is 0. The van der Waals surface area contributed by atoms with Gasteiger partial charge >= 0.3 is 12.1 Å². The summed E-state index contributed by atoms with van der Waals surface area (Å²) in [5.74, 6) is -0.901. The number of nitrogens with zero attached hydrogens (tertiary/aromatic N) is 4. The van der Waals surface area contributed by atoms with Crippen LogP contribution in [-0.2, 0) is 19.1 Å². The standard InChI is InChI=1S/C30H42N6O7/c1-6-42-29(41)36-16-14-35(15-17-36)28(40)22(12-13-25(38)43-30(3,4)5)33-27(39)23-18-24(31-19-20(2)37)34-26(32-23)21-10-8-7-9-11-21/h7-11,18,20,22,37H,6,12-17,19H2,1-5H3,(H,33,39)(H,31,32,34)/t20?,22-/m0/s1. The molecule has 0 saturated carbocycles. The van der Waals surface area contributed by atoms with Crippen molar-refractivity contribution in [2.45, 2.75) is 65.2 Å². The maximum absolute atomic E-state index is 13.6. The Morgan fingerprint density at radius 2 is 1.67 bits per heavy atom. The maximum Gasteiger partial charge on any atom is 0.409 e. The number of carbonyl (C=O) groups is 4. The number of esters is 1. The largest absolute Gasteiger partial charge is 0.460 e. The fraction of sp³-hybridized carbons (Fsp3) is 0.533. The number of aromatic nitrogens is 2. The molecule has 1 unspecified atom stereocenters. The lowest BCUT2D eigenvalue weighted by molar-refractivity contribution is -0.155. The molecule has 13 heteroatoms. The lowest BCUT2D eigenvalue weighted by Gasteiger charge is -2.36. The normalized spacial score (nSPS) is 14.8. The van der Waals surface area contributed by atoms with Crippen molar-refractivity contribution in [2.24, 2.45) is 0 Å². The van der Waals surface area contributed by atoms with Crippen LogP contribution in [-0.4, -0.2) is 106 Å². The molecule has 0 radical (unpaired) electrons. The monoisotopic (exact) mass is 598 g/mol. The van der Waals surface area contributed by atoms with Crippen molar-refractivity contribution in [2.75, 3.05) is 44.6 Å². The summed E-state index contributed by atoms with van der Waals surface area (Å²) in [5, 5.41) is 15.5. The Bertz CT molecular complexity index is 1260. The predicted octanol–water partition coefficient (Wildman–Crippen LogP) is 2.46. The van der Waals surface area contributed by atoms with Gasteiger partial charge in [-0.15, -0.1) is 0 Å². The summed E-state index contributed by atoms with van der Waals surface area (Å²) < 4.78 is 10.5. The number of amides is 3. The quantitative estimate of drug-likeness (QED) is 0.328. The molecule has 234 valence electrons. The summed E-state index contributed by atoms with van der Waals surface area (Å²) in [6.45, 7) is 10.1. The summed E-state index contributed by atoms with van der Waals surface area (Å²) in [6.07, 6.45) is -1.20. The first kappa shape index (κ1) is 33.2. The number of carbonyl (C=O) groups excluding carboxylic acids is 4. The van der Waals surface area contributed by atoms with Crippen LogP contribution in [0, 0.1) is 0 Å². The van der Waals surface area contributed by atoms with Gasteiger partial charge in [0.1, 0.15) is 23.2 Å². The van der Waals surface area contributed by atoms with Crippen molar-refractivity contribution in [3.8, 4) is 11.4 Å². The van der Waals surface area contributed by atoms with Gasteiger partial charge in [-0.05, 0) is 41.0 Å². The van der Waals surface area contributed by atoms with Crippen molar-refractivity contribution < 1.29 is 33.8 Å². The van der Waals surface area contributed by atoms with Crippen molar-refractivity contribution in [3.05, 3.63) is 42.1 Å². The van der Waals surface area contributed by atoms with Gasteiger partial charge in [0.25, 0.3) is 5.91 Å². The van der Waals surface area contributed by atoms with Crippen molar-refractivity contribution >= 4 is 29.7 Å². The Morgan fingerprint density at radius 3 is 2.28 bits per heavy atom. The van der Waals surface area contributed by atoms with Gasteiger partial charge in [-0.1, -0.05) is 30.3 Å². The van der Waals surface area contributed by atoms with Crippen LogP contribution in [0.3, 0.4) is 0 Å². The number of nitrogens with one attached hydrogen (secondary N) is 2. The van der Waals surface area contributed by atoms with Gasteiger partial charge in [0.2, 0.25) is 5.91 Å². The van der Waals surface area contributed by atoms with Crippen LogP contribution in [0.4, 0.5) is 10.6 Å². The van der Waals surface area contributed by atoms with Crippen LogP contribution in [0.25, 0.3) is 11.4 Å². The van der Waals surface area contributed by atoms with Gasteiger partial charge in [-0.3, -0.25) is 14.4 Å². The molecule has 0 aliphatic carbocycles. The van der Waals surface area contributed by atoms with E-state index in [1.54, 1.807) is 51.7 Å². The third-order valence-electron chi connectivity index (χ3n) is 6.35. The number of piperazine rings is 1. The summed E-state index contributed by atoms with van der Waals surface area (Å²) in [6, 6.07) is 9.48. The van der Waals surface area contributed by atoms with Crippen LogP contribution in [0.2, 0.25) is 0 Å². The third-order valence-corrected chi connectivity index (χ3v) is 6.35. The maximum atomic E-state index is 13.6. The van der Waals surface area contributed by atoms with E-state index in [-0.39, 0.29) is 69.6 Å². The minimum Gasteiger partial charge on any atom is -0.460 e. The van der Waals surface area contributed by atoms with E-state index in [1.807, 2.05) is 18.2 Å². The van der Waals surface area contributed by atoms with E-state index in [0.717, 1.165) is 0 Å². The van der Waals surface area contributed by atoms with Gasteiger partial charge in [0, 0.05) is 50.8 Å². The highest BCUT2D eigenvalue weighted by Crippen LogP contribution is 2.19. The fourth-order valence-electron chi connectivity index (χ4n) is 4.31. The number of aliphatic hydroxyl groups excluding tert-OH is 1. The highest BCUT2D eigenvalue weighted by molar-refractivity contribution is 5.97. The Labute approximate surface area is 252 Å². The number of rotatable bonds is 11. The number of hydrogen-bond acceptors (Lipinski definition) is 10. The Kier molecular flexibility index (Phi) is 11.8. The van der Waals surface area contributed by atoms with E-state index in [4.69, 9.17) is 9.47 Å². The van der Waals surface area contributed by atoms with Crippen LogP contribution in [0.15, 0.2) is 36.4 Å². The Balaban J connectivity index is 1.83. The van der Waals surface area contributed by atoms with E-state index in [1.165, 1.54) is 11.0 Å². The Hall–Kier alpha value is -4.26. The Morgan fingerprint density at radius 1 is 1.02 bits per heavy atom. The molecule has 3 N–H and O–H groups in total. The van der Waals surface area contributed by atoms with E-state index >= 15 is 0 Å². The zero-order valence-corrected chi connectivity index (χ0v) is 25.5. The molecule has 2 atom stereocenters. The van der Waals surface area contributed by atoms with Gasteiger partial charge in [0.05, 0.1) is 12.7 Å². The lowest BCUT2D eigenvalue weighted by atomic mass is 10.1. The molecule has 3 rings (SSSR count). The highest BCUT2D eigenvalue weighted by Gasteiger charge is 2.32. The van der Waals surface area contributed by atoms with Crippen LogP contribution >= 0.6 is 0 Å². The second kappa shape index (κ2) is 15.3. The molecule has 2 aromatic rings. The fourth-order valence-corrected chi connectivity index (χ4v) is 4.31. The van der Waals surface area contributed by atoms with Gasteiger partial charge in [-0.25, -0.2) is 14.8 Å². The highest BCUT2D eigenvalue weighted by atomic mass is 16.6. The van der Waals surface area contributed by atoms with E-state index in [2.05, 4.69) is 20.6 Å². The zero-order chi connectivity index (χ0) is 31.6. The topological polar surface area (TPSA) is 163 Å². The predicted molar refractivity (Wildman–Crippen MR) is 159 cm³/mol. The second-order valence-electron chi connectivity index (χ2n) is 11.2. The van der Waals surface area contributed by atoms with Crippen LogP contribution in [0.5, 0.6) is 0 Å². The number of benzene rings is 1. The molecule has 0 spiro atoms. The second-order valence-corrected chi connectivity index (χ2v) is 11.2. The number of anilines is 1. The van der Waals surface area contributed by atoms with Crippen molar-refractivity contribution in [1.82, 2.24) is 25.1 Å². The number of aliphatic hydroxyl groups is 1. The minimum absolute atomic E-state index is 0.00133. The van der Waals surface area contributed by atoms with E-state index < -0.39 is 35.7 Å². The smallest absolute Gasteiger partial charge is 0.409 e. The molecule has 3 amide bonds. The molecule has 1 aliphatic rings. The minimum atomic E-state index is -1.06. The molecular formula is C30H42N6O7. The third kappa shape index (κ3) is 10.5. The van der Waals surface area contributed by atoms with Crippen molar-refractivity contribution in [3.63, 3.8) is 0 Å². The molecule has 1 aromatic carbocycles. The average Bonchev–Trinajstić information content (AvgIpc) is 2.97. The van der Waals surface area contributed by atoms with Crippen LogP contribution in [0.1, 0.15) is 57.9 Å². The molecule has 43 heavy (non-hydrogen) atoms. The molecular weight excluding hydrogens is 556 g/mol. The first-order valence-corrected chi connectivity index (χ1v) is 14.5. The SMILES string of the molecule is CCOC(=O)N1CCN(C(=O)[C@H](CCC(=O)OC(C)(C)C)NC(=O)c2cc(NCC(C)O)nc(-c3ccccc3)n2)CC1. The van der Waals surface area contributed by atoms with Gasteiger partial charge < -0.3 is 35.0 Å². The first-order chi connectivity index (χ1) is 20.4. The zero-order valence-electron chi connectivity index (χ0n) is 25.5. The molecule has 1 saturated heterocycles. The van der Waals surface area contributed by atoms with E-state index in [0.29, 0.717) is 11.4 Å². The van der Waals surface area contributed by atoms with Crippen LogP contribution < -0.4 is 10.6 Å². The molecule has 1 fully saturated rings.